The summed E-state index contributed by atoms with van der Waals surface area (Å²) in [6, 6.07) is 5.79. The topological polar surface area (TPSA) is 58.4 Å². The number of carbonyl (C=O) groups is 1. The van der Waals surface area contributed by atoms with Gasteiger partial charge in [-0.1, -0.05) is 19.9 Å². The molecule has 0 radical (unpaired) electrons. The largest absolute Gasteiger partial charge is 0.398 e. The van der Waals surface area contributed by atoms with E-state index in [4.69, 9.17) is 5.73 Å². The lowest BCUT2D eigenvalue weighted by Crippen LogP contribution is -2.38. The molecule has 4 heteroatoms. The van der Waals surface area contributed by atoms with Crippen LogP contribution >= 0.6 is 0 Å². The molecule has 4 nitrogen and oxygen atoms in total. The Morgan fingerprint density at radius 1 is 1.32 bits per heavy atom. The van der Waals surface area contributed by atoms with E-state index >= 15 is 0 Å². The molecule has 0 saturated carbocycles. The molecule has 1 fully saturated rings. The molecule has 2 atom stereocenters. The van der Waals surface area contributed by atoms with Gasteiger partial charge in [-0.3, -0.25) is 9.69 Å². The van der Waals surface area contributed by atoms with Gasteiger partial charge in [0.15, 0.2) is 0 Å². The Morgan fingerprint density at radius 3 is 2.50 bits per heavy atom. The van der Waals surface area contributed by atoms with E-state index in [1.54, 1.807) is 6.07 Å². The maximum atomic E-state index is 12.0. The molecular weight excluding hydrogens is 274 g/mol. The lowest BCUT2D eigenvalue weighted by atomic mass is 9.91. The van der Waals surface area contributed by atoms with Gasteiger partial charge >= 0.3 is 0 Å². The third kappa shape index (κ3) is 4.47. The van der Waals surface area contributed by atoms with Crippen LogP contribution in [0.5, 0.6) is 0 Å². The van der Waals surface area contributed by atoms with Gasteiger partial charge in [0.1, 0.15) is 0 Å². The second-order valence-corrected chi connectivity index (χ2v) is 7.18. The maximum absolute atomic E-state index is 12.0. The van der Waals surface area contributed by atoms with Crippen LogP contribution in [0.15, 0.2) is 18.2 Å². The van der Waals surface area contributed by atoms with Gasteiger partial charge in [-0.2, -0.15) is 0 Å². The first kappa shape index (κ1) is 16.8. The number of likely N-dealkylation sites (tertiary alicyclic amines) is 1. The third-order valence-corrected chi connectivity index (χ3v) is 4.17. The molecule has 1 aliphatic rings. The summed E-state index contributed by atoms with van der Waals surface area (Å²) in [6.07, 6.45) is 1.31. The zero-order valence-electron chi connectivity index (χ0n) is 14.2. The first-order chi connectivity index (χ1) is 10.3. The van der Waals surface area contributed by atoms with Crippen LogP contribution in [0.1, 0.15) is 50.0 Å². The zero-order valence-corrected chi connectivity index (χ0v) is 14.2. The predicted molar refractivity (Wildman–Crippen MR) is 91.7 cm³/mol. The van der Waals surface area contributed by atoms with Crippen molar-refractivity contribution >= 4 is 11.6 Å². The Kier molecular flexibility index (Phi) is 5.46. The number of rotatable bonds is 4. The van der Waals surface area contributed by atoms with Crippen molar-refractivity contribution < 1.29 is 4.79 Å². The molecule has 2 unspecified atom stereocenters. The van der Waals surface area contributed by atoms with E-state index in [2.05, 4.69) is 24.1 Å². The number of amides is 1. The number of nitrogens with one attached hydrogen (secondary N) is 1. The number of hydrogen-bond donors (Lipinski definition) is 2. The lowest BCUT2D eigenvalue weighted by molar-refractivity contribution is 0.0943. The summed E-state index contributed by atoms with van der Waals surface area (Å²) >= 11 is 0. The van der Waals surface area contributed by atoms with E-state index < -0.39 is 0 Å². The summed E-state index contributed by atoms with van der Waals surface area (Å²) < 4.78 is 0. The first-order valence-corrected chi connectivity index (χ1v) is 8.26. The summed E-state index contributed by atoms with van der Waals surface area (Å²) in [7, 11) is 0. The molecule has 22 heavy (non-hydrogen) atoms. The number of nitrogens with two attached hydrogens (primary N) is 1. The monoisotopic (exact) mass is 303 g/mol. The number of nitrogens with zero attached hydrogens (tertiary/aromatic N) is 1. The van der Waals surface area contributed by atoms with Crippen LogP contribution in [-0.4, -0.2) is 29.9 Å². The Labute approximate surface area is 134 Å². The number of hydrogen-bond acceptors (Lipinski definition) is 3. The van der Waals surface area contributed by atoms with Crippen molar-refractivity contribution in [3.8, 4) is 0 Å². The number of anilines is 1. The fraction of sp³-hybridized carbons (Fsp3) is 0.611. The molecule has 1 heterocycles. The second kappa shape index (κ2) is 7.14. The van der Waals surface area contributed by atoms with E-state index in [0.29, 0.717) is 11.3 Å². The van der Waals surface area contributed by atoms with Crippen LogP contribution in [-0.2, 0) is 6.54 Å². The van der Waals surface area contributed by atoms with Gasteiger partial charge < -0.3 is 11.1 Å². The van der Waals surface area contributed by atoms with Crippen LogP contribution < -0.4 is 11.1 Å². The van der Waals surface area contributed by atoms with Gasteiger partial charge in [0.25, 0.3) is 5.91 Å². The molecule has 122 valence electrons. The van der Waals surface area contributed by atoms with Gasteiger partial charge in [-0.05, 0) is 49.8 Å². The summed E-state index contributed by atoms with van der Waals surface area (Å²) in [5, 5.41) is 2.89. The van der Waals surface area contributed by atoms with Gasteiger partial charge in [-0.25, -0.2) is 0 Å². The van der Waals surface area contributed by atoms with Crippen LogP contribution in [0.2, 0.25) is 0 Å². The fourth-order valence-electron chi connectivity index (χ4n) is 3.39. The average Bonchev–Trinajstić information content (AvgIpc) is 2.39. The van der Waals surface area contributed by atoms with Crippen molar-refractivity contribution in [2.24, 2.45) is 11.8 Å². The van der Waals surface area contributed by atoms with E-state index in [1.165, 1.54) is 6.42 Å². The maximum Gasteiger partial charge on any atom is 0.251 e. The smallest absolute Gasteiger partial charge is 0.251 e. The van der Waals surface area contributed by atoms with Gasteiger partial charge in [0.05, 0.1) is 0 Å². The van der Waals surface area contributed by atoms with Crippen LogP contribution in [0.3, 0.4) is 0 Å². The van der Waals surface area contributed by atoms with Crippen molar-refractivity contribution in [2.75, 3.05) is 18.8 Å². The van der Waals surface area contributed by atoms with Gasteiger partial charge in [0, 0.05) is 36.9 Å². The molecule has 1 amide bonds. The quantitative estimate of drug-likeness (QED) is 0.841. The Balaban J connectivity index is 2.05. The highest BCUT2D eigenvalue weighted by molar-refractivity contribution is 5.95. The van der Waals surface area contributed by atoms with Crippen molar-refractivity contribution in [1.29, 1.82) is 0 Å². The summed E-state index contributed by atoms with van der Waals surface area (Å²) in [6.45, 7) is 11.6. The van der Waals surface area contributed by atoms with E-state index in [1.807, 2.05) is 26.0 Å². The van der Waals surface area contributed by atoms with Crippen LogP contribution in [0, 0.1) is 11.8 Å². The first-order valence-electron chi connectivity index (χ1n) is 8.26. The lowest BCUT2D eigenvalue weighted by Gasteiger charge is -2.35. The molecule has 1 aromatic carbocycles. The summed E-state index contributed by atoms with van der Waals surface area (Å²) in [5.74, 6) is 1.41. The van der Waals surface area contributed by atoms with Crippen molar-refractivity contribution in [1.82, 2.24) is 10.2 Å². The van der Waals surface area contributed by atoms with Gasteiger partial charge in [-0.15, -0.1) is 0 Å². The summed E-state index contributed by atoms with van der Waals surface area (Å²) in [5.41, 5.74) is 8.63. The molecule has 2 rings (SSSR count). The number of nitrogen functional groups attached to an aromatic ring is 1. The minimum absolute atomic E-state index is 0.0616. The number of carbonyl (C=O) groups excluding carboxylic acids is 1. The highest BCUT2D eigenvalue weighted by Crippen LogP contribution is 2.24. The molecule has 0 aliphatic carbocycles. The number of benzene rings is 1. The highest BCUT2D eigenvalue weighted by Gasteiger charge is 2.22. The van der Waals surface area contributed by atoms with Gasteiger partial charge in [0.2, 0.25) is 0 Å². The Bertz CT molecular complexity index is 517. The molecule has 0 aromatic heterocycles. The minimum Gasteiger partial charge on any atom is -0.398 e. The molecule has 1 aliphatic heterocycles. The highest BCUT2D eigenvalue weighted by atomic mass is 16.1. The fourth-order valence-corrected chi connectivity index (χ4v) is 3.39. The van der Waals surface area contributed by atoms with Crippen molar-refractivity contribution in [3.05, 3.63) is 29.3 Å². The Hall–Kier alpha value is -1.55. The molecule has 1 saturated heterocycles. The van der Waals surface area contributed by atoms with E-state index in [9.17, 15) is 4.79 Å². The predicted octanol–water partition coefficient (Wildman–Crippen LogP) is 2.88. The number of piperidine rings is 1. The van der Waals surface area contributed by atoms with Crippen molar-refractivity contribution in [3.63, 3.8) is 0 Å². The minimum atomic E-state index is -0.0616. The average molecular weight is 303 g/mol. The Morgan fingerprint density at radius 2 is 1.95 bits per heavy atom. The molecular formula is C18H29N3O. The third-order valence-electron chi connectivity index (χ3n) is 4.17. The second-order valence-electron chi connectivity index (χ2n) is 7.18. The van der Waals surface area contributed by atoms with Crippen LogP contribution in [0.4, 0.5) is 5.69 Å². The standard InChI is InChI=1S/C18H29N3O/c1-12(2)20-18(22)15-5-6-16(17(19)8-15)11-21-9-13(3)7-14(4)10-21/h5-6,8,12-14H,7,9-11,19H2,1-4H3,(H,20,22). The molecule has 1 aromatic rings. The molecule has 0 spiro atoms. The SMILES string of the molecule is CC1CC(C)CN(Cc2ccc(C(=O)NC(C)C)cc2N)C1. The zero-order chi connectivity index (χ0) is 16.3. The van der Waals surface area contributed by atoms with E-state index in [-0.39, 0.29) is 11.9 Å². The summed E-state index contributed by atoms with van der Waals surface area (Å²) in [4.78, 5) is 14.5. The van der Waals surface area contributed by atoms with Crippen molar-refractivity contribution in [2.45, 2.75) is 46.7 Å². The molecule has 0 bridgehead atoms. The molecule has 3 N–H and O–H groups in total. The van der Waals surface area contributed by atoms with Crippen LogP contribution in [0.25, 0.3) is 0 Å². The van der Waals surface area contributed by atoms with E-state index in [0.717, 1.165) is 37.0 Å². The normalized spacial score (nSPS) is 22.8.